The lowest BCUT2D eigenvalue weighted by Crippen LogP contribution is -2.54. The number of rotatable bonds is 9. The van der Waals surface area contributed by atoms with Crippen LogP contribution in [0.5, 0.6) is 0 Å². The van der Waals surface area contributed by atoms with Gasteiger partial charge in [0, 0.05) is 50.1 Å². The molecule has 5 atom stereocenters. The largest absolute Gasteiger partial charge is 0.374 e. The van der Waals surface area contributed by atoms with E-state index in [4.69, 9.17) is 9.47 Å². The molecule has 38 heavy (non-hydrogen) atoms. The van der Waals surface area contributed by atoms with Crippen molar-refractivity contribution in [2.75, 3.05) is 50.8 Å². The summed E-state index contributed by atoms with van der Waals surface area (Å²) in [5.74, 6) is -0.732. The van der Waals surface area contributed by atoms with Crippen molar-refractivity contribution < 1.29 is 23.9 Å². The van der Waals surface area contributed by atoms with E-state index >= 15 is 0 Å². The van der Waals surface area contributed by atoms with Crippen molar-refractivity contribution in [2.45, 2.75) is 76.8 Å². The van der Waals surface area contributed by atoms with Gasteiger partial charge in [-0.2, -0.15) is 0 Å². The average molecular weight is 527 g/mol. The van der Waals surface area contributed by atoms with E-state index in [-0.39, 0.29) is 36.2 Å². The number of hydrogen-bond donors (Lipinski definition) is 1. The van der Waals surface area contributed by atoms with E-state index < -0.39 is 18.2 Å². The Hall–Kier alpha value is -2.49. The Morgan fingerprint density at radius 3 is 2.42 bits per heavy atom. The van der Waals surface area contributed by atoms with Crippen LogP contribution in [0.15, 0.2) is 24.3 Å². The average Bonchev–Trinajstić information content (AvgIpc) is 3.47. The van der Waals surface area contributed by atoms with Gasteiger partial charge in [-0.3, -0.25) is 19.3 Å². The molecule has 0 bridgehead atoms. The standard InChI is InChI=1S/C29H42N4O5/c1-4-19(3)25(29(36)33-17-24(37-5-2)27-26(33)23(34)18-38-27)30-28(35)20-9-11-22(12-10-20)32-15-13-31(14-16-32)21-7-6-8-21/h9-12,19,21,24-27H,4-8,13-18H2,1-3H3,(H,30,35)/t19-,24-,25-,26+,27+/m0/s1. The Balaban J connectivity index is 1.23. The second kappa shape index (κ2) is 11.7. The highest BCUT2D eigenvalue weighted by Crippen LogP contribution is 2.31. The Morgan fingerprint density at radius 1 is 1.11 bits per heavy atom. The predicted molar refractivity (Wildman–Crippen MR) is 144 cm³/mol. The molecule has 208 valence electrons. The monoisotopic (exact) mass is 526 g/mol. The van der Waals surface area contributed by atoms with Crippen molar-refractivity contribution in [3.05, 3.63) is 29.8 Å². The number of nitrogens with one attached hydrogen (secondary N) is 1. The normalized spacial score (nSPS) is 27.7. The SMILES string of the molecule is CCO[C@H]1CN(C(=O)[C@@H](NC(=O)c2ccc(N3CCN(C4CCC4)CC3)cc2)[C@@H](C)CC)[C@@H]2C(=O)CO[C@H]12. The van der Waals surface area contributed by atoms with Crippen LogP contribution >= 0.6 is 0 Å². The Labute approximate surface area is 225 Å². The van der Waals surface area contributed by atoms with Gasteiger partial charge in [0.1, 0.15) is 30.9 Å². The van der Waals surface area contributed by atoms with Gasteiger partial charge in [-0.05, 0) is 49.9 Å². The Morgan fingerprint density at radius 2 is 1.82 bits per heavy atom. The fourth-order valence-corrected chi connectivity index (χ4v) is 6.21. The molecule has 1 aromatic rings. The molecule has 2 amide bonds. The molecule has 1 aromatic carbocycles. The molecule has 9 heteroatoms. The Kier molecular flexibility index (Phi) is 8.35. The number of Topliss-reactive ketones (excluding diaryl/α,β-unsaturated/α-hetero) is 1. The number of carbonyl (C=O) groups excluding carboxylic acids is 3. The van der Waals surface area contributed by atoms with Crippen LogP contribution in [0.3, 0.4) is 0 Å². The number of piperazine rings is 1. The van der Waals surface area contributed by atoms with Gasteiger partial charge in [0.05, 0.1) is 6.54 Å². The summed E-state index contributed by atoms with van der Waals surface area (Å²) in [6.07, 6.45) is 3.96. The van der Waals surface area contributed by atoms with Crippen LogP contribution < -0.4 is 10.2 Å². The quantitative estimate of drug-likeness (QED) is 0.527. The van der Waals surface area contributed by atoms with Crippen molar-refractivity contribution in [3.63, 3.8) is 0 Å². The third kappa shape index (κ3) is 5.33. The maximum Gasteiger partial charge on any atom is 0.251 e. The molecule has 1 saturated carbocycles. The highest BCUT2D eigenvalue weighted by Gasteiger charge is 2.54. The minimum absolute atomic E-state index is 0.00891. The number of anilines is 1. The third-order valence-corrected chi connectivity index (χ3v) is 8.97. The molecular weight excluding hydrogens is 484 g/mol. The van der Waals surface area contributed by atoms with E-state index in [1.807, 2.05) is 45.0 Å². The summed E-state index contributed by atoms with van der Waals surface area (Å²) in [5.41, 5.74) is 1.64. The number of likely N-dealkylation sites (tertiary alicyclic amines) is 1. The third-order valence-electron chi connectivity index (χ3n) is 8.97. The first-order valence-electron chi connectivity index (χ1n) is 14.4. The van der Waals surface area contributed by atoms with E-state index in [0.717, 1.165) is 37.9 Å². The second-order valence-corrected chi connectivity index (χ2v) is 11.2. The summed E-state index contributed by atoms with van der Waals surface area (Å²) >= 11 is 0. The molecular formula is C29H42N4O5. The molecule has 0 aromatic heterocycles. The summed E-state index contributed by atoms with van der Waals surface area (Å²) < 4.78 is 11.5. The summed E-state index contributed by atoms with van der Waals surface area (Å²) in [6, 6.07) is 7.08. The molecule has 1 N–H and O–H groups in total. The topological polar surface area (TPSA) is 91.4 Å². The molecule has 9 nitrogen and oxygen atoms in total. The van der Waals surface area contributed by atoms with Crippen molar-refractivity contribution in [1.29, 1.82) is 0 Å². The number of amides is 2. The highest BCUT2D eigenvalue weighted by atomic mass is 16.6. The van der Waals surface area contributed by atoms with E-state index in [2.05, 4.69) is 15.1 Å². The van der Waals surface area contributed by atoms with Crippen LogP contribution in [-0.2, 0) is 19.1 Å². The number of fused-ring (bicyclic) bond motifs is 1. The summed E-state index contributed by atoms with van der Waals surface area (Å²) in [6.45, 7) is 10.8. The zero-order valence-corrected chi connectivity index (χ0v) is 22.9. The fraction of sp³-hybridized carbons (Fsp3) is 0.690. The predicted octanol–water partition coefficient (Wildman–Crippen LogP) is 2.09. The first-order valence-corrected chi connectivity index (χ1v) is 14.4. The number of hydrogen-bond acceptors (Lipinski definition) is 7. The minimum Gasteiger partial charge on any atom is -0.374 e. The van der Waals surface area contributed by atoms with Gasteiger partial charge in [-0.15, -0.1) is 0 Å². The van der Waals surface area contributed by atoms with Gasteiger partial charge in [-0.25, -0.2) is 0 Å². The van der Waals surface area contributed by atoms with Crippen LogP contribution in [-0.4, -0.2) is 104 Å². The van der Waals surface area contributed by atoms with Crippen LogP contribution in [0.1, 0.15) is 56.8 Å². The van der Waals surface area contributed by atoms with Gasteiger partial charge in [0.15, 0.2) is 5.78 Å². The van der Waals surface area contributed by atoms with Crippen molar-refractivity contribution >= 4 is 23.3 Å². The van der Waals surface area contributed by atoms with E-state index in [0.29, 0.717) is 25.1 Å². The smallest absolute Gasteiger partial charge is 0.251 e. The van der Waals surface area contributed by atoms with Crippen molar-refractivity contribution in [3.8, 4) is 0 Å². The number of benzene rings is 1. The molecule has 0 spiro atoms. The lowest BCUT2D eigenvalue weighted by Gasteiger charge is -2.43. The number of ketones is 1. The van der Waals surface area contributed by atoms with Crippen LogP contribution in [0.25, 0.3) is 0 Å². The molecule has 3 saturated heterocycles. The van der Waals surface area contributed by atoms with Crippen molar-refractivity contribution in [2.24, 2.45) is 5.92 Å². The lowest BCUT2D eigenvalue weighted by molar-refractivity contribution is -0.139. The first-order chi connectivity index (χ1) is 18.4. The minimum atomic E-state index is -0.735. The van der Waals surface area contributed by atoms with Gasteiger partial charge in [-0.1, -0.05) is 26.7 Å². The lowest BCUT2D eigenvalue weighted by atomic mass is 9.91. The molecule has 5 rings (SSSR count). The van der Waals surface area contributed by atoms with Crippen LogP contribution in [0.2, 0.25) is 0 Å². The molecule has 0 radical (unpaired) electrons. The highest BCUT2D eigenvalue weighted by molar-refractivity contribution is 5.99. The van der Waals surface area contributed by atoms with E-state index in [1.165, 1.54) is 19.3 Å². The second-order valence-electron chi connectivity index (χ2n) is 11.2. The zero-order chi connectivity index (χ0) is 26.8. The number of carbonyl (C=O) groups is 3. The van der Waals surface area contributed by atoms with Crippen molar-refractivity contribution in [1.82, 2.24) is 15.1 Å². The zero-order valence-electron chi connectivity index (χ0n) is 22.9. The summed E-state index contributed by atoms with van der Waals surface area (Å²) in [4.78, 5) is 46.2. The van der Waals surface area contributed by atoms with E-state index in [1.54, 1.807) is 4.90 Å². The number of nitrogens with zero attached hydrogens (tertiary/aromatic N) is 3. The van der Waals surface area contributed by atoms with Crippen LogP contribution in [0, 0.1) is 5.92 Å². The summed E-state index contributed by atoms with van der Waals surface area (Å²) in [7, 11) is 0. The molecule has 4 fully saturated rings. The Bertz CT molecular complexity index is 1000. The molecule has 1 aliphatic carbocycles. The van der Waals surface area contributed by atoms with Gasteiger partial charge in [0.25, 0.3) is 5.91 Å². The summed E-state index contributed by atoms with van der Waals surface area (Å²) in [5, 5.41) is 2.99. The molecule has 0 unspecified atom stereocenters. The van der Waals surface area contributed by atoms with Gasteiger partial charge < -0.3 is 24.6 Å². The van der Waals surface area contributed by atoms with E-state index in [9.17, 15) is 14.4 Å². The molecule has 3 heterocycles. The maximum absolute atomic E-state index is 13.7. The van der Waals surface area contributed by atoms with Crippen LogP contribution in [0.4, 0.5) is 5.69 Å². The first kappa shape index (κ1) is 27.1. The molecule has 4 aliphatic rings. The number of ether oxygens (including phenoxy) is 2. The van der Waals surface area contributed by atoms with Gasteiger partial charge in [0.2, 0.25) is 5.91 Å². The molecule has 3 aliphatic heterocycles. The fourth-order valence-electron chi connectivity index (χ4n) is 6.21. The van der Waals surface area contributed by atoms with Gasteiger partial charge >= 0.3 is 0 Å². The maximum atomic E-state index is 13.7.